The van der Waals surface area contributed by atoms with Gasteiger partial charge in [0.1, 0.15) is 0 Å². The number of hydrogen-bond acceptors (Lipinski definition) is 1. The smallest absolute Gasteiger partial charge is 0.384 e. The summed E-state index contributed by atoms with van der Waals surface area (Å²) in [6.45, 7) is 3.31. The molecular weight excluding hydrogens is 273 g/mol. The van der Waals surface area contributed by atoms with Gasteiger partial charge in [-0.15, -0.1) is 6.58 Å². The van der Waals surface area contributed by atoms with Gasteiger partial charge in [0.25, 0.3) is 0 Å². The Balaban J connectivity index is 3.22. The van der Waals surface area contributed by atoms with Gasteiger partial charge >= 0.3 is 6.18 Å². The van der Waals surface area contributed by atoms with E-state index in [2.05, 4.69) is 22.5 Å². The van der Waals surface area contributed by atoms with Crippen molar-refractivity contribution in [1.29, 1.82) is 0 Å². The van der Waals surface area contributed by atoms with Crippen LogP contribution in [0.2, 0.25) is 0 Å². The van der Waals surface area contributed by atoms with Crippen molar-refractivity contribution < 1.29 is 18.3 Å². The number of aliphatic hydroxyl groups excluding tert-OH is 1. The molecule has 0 bridgehead atoms. The van der Waals surface area contributed by atoms with E-state index < -0.39 is 17.8 Å². The molecule has 1 N–H and O–H groups in total. The fourth-order valence-corrected chi connectivity index (χ4v) is 1.59. The van der Waals surface area contributed by atoms with E-state index in [4.69, 9.17) is 0 Å². The van der Waals surface area contributed by atoms with Gasteiger partial charge in [-0.1, -0.05) is 22.0 Å². The summed E-state index contributed by atoms with van der Waals surface area (Å²) in [5.74, 6) is 0. The monoisotopic (exact) mass is 280 g/mol. The standard InChI is InChI=1S/C10H8BrF3O/c1-2-9(15)6-3-7(10(12,13)14)5-8(11)4-6/h2-5,9,15H,1H2. The van der Waals surface area contributed by atoms with Crippen LogP contribution in [0.3, 0.4) is 0 Å². The van der Waals surface area contributed by atoms with Crippen molar-refractivity contribution in [3.63, 3.8) is 0 Å². The van der Waals surface area contributed by atoms with E-state index in [1.54, 1.807) is 0 Å². The molecule has 0 aromatic heterocycles. The largest absolute Gasteiger partial charge is 0.416 e. The Kier molecular flexibility index (Phi) is 3.57. The van der Waals surface area contributed by atoms with E-state index in [0.29, 0.717) is 0 Å². The highest BCUT2D eigenvalue weighted by molar-refractivity contribution is 9.10. The topological polar surface area (TPSA) is 20.2 Å². The zero-order chi connectivity index (χ0) is 11.6. The van der Waals surface area contributed by atoms with E-state index in [9.17, 15) is 18.3 Å². The van der Waals surface area contributed by atoms with Crippen molar-refractivity contribution in [3.8, 4) is 0 Å². The third-order valence-corrected chi connectivity index (χ3v) is 2.27. The summed E-state index contributed by atoms with van der Waals surface area (Å²) in [6, 6.07) is 3.28. The minimum absolute atomic E-state index is 0.159. The third kappa shape index (κ3) is 3.07. The zero-order valence-corrected chi connectivity index (χ0v) is 9.14. The van der Waals surface area contributed by atoms with Crippen LogP contribution in [0.1, 0.15) is 17.2 Å². The van der Waals surface area contributed by atoms with Gasteiger partial charge in [0.05, 0.1) is 11.7 Å². The first-order chi connectivity index (χ1) is 6.84. The van der Waals surface area contributed by atoms with Crippen molar-refractivity contribution in [2.24, 2.45) is 0 Å². The lowest BCUT2D eigenvalue weighted by atomic mass is 10.1. The molecule has 1 atom stereocenters. The molecule has 0 aliphatic carbocycles. The zero-order valence-electron chi connectivity index (χ0n) is 7.55. The summed E-state index contributed by atoms with van der Waals surface area (Å²) in [4.78, 5) is 0. The van der Waals surface area contributed by atoms with Crippen LogP contribution in [0.5, 0.6) is 0 Å². The fourth-order valence-electron chi connectivity index (χ4n) is 1.08. The third-order valence-electron chi connectivity index (χ3n) is 1.81. The van der Waals surface area contributed by atoms with E-state index in [1.165, 1.54) is 12.1 Å². The first-order valence-electron chi connectivity index (χ1n) is 4.03. The molecule has 0 heterocycles. The maximum absolute atomic E-state index is 12.4. The van der Waals surface area contributed by atoms with Crippen LogP contribution >= 0.6 is 15.9 Å². The van der Waals surface area contributed by atoms with Gasteiger partial charge in [0.15, 0.2) is 0 Å². The Morgan fingerprint density at radius 1 is 1.33 bits per heavy atom. The van der Waals surface area contributed by atoms with Gasteiger partial charge in [-0.2, -0.15) is 13.2 Å². The van der Waals surface area contributed by atoms with E-state index in [0.717, 1.165) is 12.1 Å². The van der Waals surface area contributed by atoms with Crippen LogP contribution < -0.4 is 0 Å². The minimum Gasteiger partial charge on any atom is -0.384 e. The van der Waals surface area contributed by atoms with Crippen molar-refractivity contribution in [2.45, 2.75) is 12.3 Å². The van der Waals surface area contributed by atoms with Gasteiger partial charge in [-0.3, -0.25) is 0 Å². The second-order valence-electron chi connectivity index (χ2n) is 2.95. The second-order valence-corrected chi connectivity index (χ2v) is 3.87. The molecule has 1 aromatic rings. The normalized spacial score (nSPS) is 13.7. The van der Waals surface area contributed by atoms with Crippen LogP contribution in [-0.4, -0.2) is 5.11 Å². The first kappa shape index (κ1) is 12.3. The Morgan fingerprint density at radius 2 is 1.93 bits per heavy atom. The molecule has 1 rings (SSSR count). The molecule has 1 aromatic carbocycles. The van der Waals surface area contributed by atoms with Gasteiger partial charge in [0.2, 0.25) is 0 Å². The van der Waals surface area contributed by atoms with Crippen molar-refractivity contribution in [3.05, 3.63) is 46.5 Å². The summed E-state index contributed by atoms with van der Waals surface area (Å²) >= 11 is 2.96. The number of halogens is 4. The van der Waals surface area contributed by atoms with E-state index in [-0.39, 0.29) is 10.0 Å². The SMILES string of the molecule is C=CC(O)c1cc(Br)cc(C(F)(F)F)c1. The van der Waals surface area contributed by atoms with Crippen molar-refractivity contribution in [1.82, 2.24) is 0 Å². The van der Waals surface area contributed by atoms with Gasteiger partial charge in [0, 0.05) is 4.47 Å². The molecule has 0 amide bonds. The summed E-state index contributed by atoms with van der Waals surface area (Å²) in [7, 11) is 0. The second kappa shape index (κ2) is 4.37. The molecule has 0 aliphatic rings. The molecule has 82 valence electrons. The molecule has 0 spiro atoms. The average Bonchev–Trinajstić information content (AvgIpc) is 2.14. The van der Waals surface area contributed by atoms with Crippen LogP contribution in [-0.2, 0) is 6.18 Å². The minimum atomic E-state index is -4.42. The lowest BCUT2D eigenvalue weighted by molar-refractivity contribution is -0.137. The summed E-state index contributed by atoms with van der Waals surface area (Å²) in [6.07, 6.45) is -4.34. The molecule has 1 nitrogen and oxygen atoms in total. The van der Waals surface area contributed by atoms with Crippen molar-refractivity contribution >= 4 is 15.9 Å². The van der Waals surface area contributed by atoms with Crippen LogP contribution in [0.15, 0.2) is 35.3 Å². The van der Waals surface area contributed by atoms with E-state index >= 15 is 0 Å². The molecule has 0 saturated heterocycles. The Morgan fingerprint density at radius 3 is 2.40 bits per heavy atom. The van der Waals surface area contributed by atoms with Gasteiger partial charge in [-0.25, -0.2) is 0 Å². The van der Waals surface area contributed by atoms with Gasteiger partial charge in [-0.05, 0) is 23.8 Å². The Hall–Kier alpha value is -0.810. The van der Waals surface area contributed by atoms with Crippen LogP contribution in [0.25, 0.3) is 0 Å². The molecular formula is C10H8BrF3O. The summed E-state index contributed by atoms with van der Waals surface area (Å²) in [5.41, 5.74) is -0.639. The molecule has 0 radical (unpaired) electrons. The van der Waals surface area contributed by atoms with E-state index in [1.807, 2.05) is 0 Å². The molecule has 0 aliphatic heterocycles. The molecule has 15 heavy (non-hydrogen) atoms. The van der Waals surface area contributed by atoms with Gasteiger partial charge < -0.3 is 5.11 Å². The molecule has 1 unspecified atom stereocenters. The maximum Gasteiger partial charge on any atom is 0.416 e. The number of rotatable bonds is 2. The highest BCUT2D eigenvalue weighted by Crippen LogP contribution is 2.33. The first-order valence-corrected chi connectivity index (χ1v) is 4.82. The van der Waals surface area contributed by atoms with Crippen LogP contribution in [0, 0.1) is 0 Å². The van der Waals surface area contributed by atoms with Crippen molar-refractivity contribution in [2.75, 3.05) is 0 Å². The Labute approximate surface area is 93.4 Å². The summed E-state index contributed by atoms with van der Waals surface area (Å²) in [5, 5.41) is 9.34. The molecule has 5 heteroatoms. The average molecular weight is 281 g/mol. The Bertz CT molecular complexity index is 373. The highest BCUT2D eigenvalue weighted by atomic mass is 79.9. The lowest BCUT2D eigenvalue weighted by Gasteiger charge is -2.11. The number of hydrogen-bond donors (Lipinski definition) is 1. The molecule has 0 fully saturated rings. The lowest BCUT2D eigenvalue weighted by Crippen LogP contribution is -2.06. The highest BCUT2D eigenvalue weighted by Gasteiger charge is 2.31. The number of aliphatic hydroxyl groups is 1. The molecule has 0 saturated carbocycles. The quantitative estimate of drug-likeness (QED) is 0.820. The number of alkyl halides is 3. The predicted molar refractivity (Wildman–Crippen MR) is 54.3 cm³/mol. The maximum atomic E-state index is 12.4. The number of benzene rings is 1. The predicted octanol–water partition coefficient (Wildman–Crippen LogP) is 3.69. The summed E-state index contributed by atoms with van der Waals surface area (Å²) < 4.78 is 37.4. The van der Waals surface area contributed by atoms with Crippen LogP contribution in [0.4, 0.5) is 13.2 Å². The fraction of sp³-hybridized carbons (Fsp3) is 0.200.